The van der Waals surface area contributed by atoms with E-state index in [0.717, 1.165) is 5.69 Å². The van der Waals surface area contributed by atoms with Gasteiger partial charge in [-0.2, -0.15) is 0 Å². The van der Waals surface area contributed by atoms with Crippen LogP contribution in [0.15, 0.2) is 24.3 Å². The highest BCUT2D eigenvalue weighted by Crippen LogP contribution is 2.21. The van der Waals surface area contributed by atoms with Crippen LogP contribution in [-0.4, -0.2) is 12.1 Å². The lowest BCUT2D eigenvalue weighted by molar-refractivity contribution is 0.608. The Kier molecular flexibility index (Phi) is 3.39. The first-order valence-electron chi connectivity index (χ1n) is 5.16. The Balaban J connectivity index is 2.99. The highest BCUT2D eigenvalue weighted by molar-refractivity contribution is 5.56. The van der Waals surface area contributed by atoms with Gasteiger partial charge < -0.3 is 10.6 Å². The molecule has 0 saturated heterocycles. The Bertz CT molecular complexity index is 284. The minimum absolute atomic E-state index is 0.497. The van der Waals surface area contributed by atoms with E-state index in [1.807, 2.05) is 18.2 Å². The van der Waals surface area contributed by atoms with Crippen LogP contribution in [0.5, 0.6) is 0 Å². The number of hydrogen-bond donors (Lipinski definition) is 1. The van der Waals surface area contributed by atoms with E-state index in [1.165, 1.54) is 5.69 Å². The molecular formula is C12H20N2. The minimum Gasteiger partial charge on any atom is -0.399 e. The Hall–Kier alpha value is -1.18. The first-order valence-corrected chi connectivity index (χ1v) is 5.16. The van der Waals surface area contributed by atoms with Gasteiger partial charge in [0.1, 0.15) is 0 Å². The number of nitrogens with zero attached hydrogens (tertiary/aromatic N) is 1. The van der Waals surface area contributed by atoms with Crippen molar-refractivity contribution in [1.29, 1.82) is 0 Å². The lowest BCUT2D eigenvalue weighted by Gasteiger charge is -2.33. The predicted octanol–water partition coefficient (Wildman–Crippen LogP) is 2.89. The summed E-state index contributed by atoms with van der Waals surface area (Å²) >= 11 is 0. The molecule has 1 rings (SSSR count). The number of nitrogen functional groups attached to an aromatic ring is 1. The third kappa shape index (κ3) is 2.41. The summed E-state index contributed by atoms with van der Waals surface area (Å²) in [5, 5.41) is 0. The summed E-state index contributed by atoms with van der Waals surface area (Å²) in [5.74, 6) is 0. The third-order valence-electron chi connectivity index (χ3n) is 2.28. The SMILES string of the molecule is CC(C)N(c1cccc(N)c1)C(C)C. The molecule has 0 aliphatic rings. The number of rotatable bonds is 3. The summed E-state index contributed by atoms with van der Waals surface area (Å²) in [4.78, 5) is 2.36. The molecule has 0 saturated carbocycles. The molecule has 2 N–H and O–H groups in total. The summed E-state index contributed by atoms with van der Waals surface area (Å²) < 4.78 is 0. The zero-order chi connectivity index (χ0) is 10.7. The second-order valence-corrected chi connectivity index (χ2v) is 4.19. The number of benzene rings is 1. The van der Waals surface area contributed by atoms with E-state index < -0.39 is 0 Å². The molecule has 14 heavy (non-hydrogen) atoms. The van der Waals surface area contributed by atoms with Gasteiger partial charge in [0.05, 0.1) is 0 Å². The Morgan fingerprint density at radius 2 is 1.64 bits per heavy atom. The Morgan fingerprint density at radius 1 is 1.07 bits per heavy atom. The van der Waals surface area contributed by atoms with E-state index in [1.54, 1.807) is 0 Å². The molecule has 1 aromatic rings. The van der Waals surface area contributed by atoms with Gasteiger partial charge in [-0.25, -0.2) is 0 Å². The van der Waals surface area contributed by atoms with Crippen molar-refractivity contribution < 1.29 is 0 Å². The van der Waals surface area contributed by atoms with E-state index in [4.69, 9.17) is 5.73 Å². The average molecular weight is 192 g/mol. The van der Waals surface area contributed by atoms with Crippen LogP contribution in [0.2, 0.25) is 0 Å². The second kappa shape index (κ2) is 4.36. The molecular weight excluding hydrogens is 172 g/mol. The molecule has 0 fully saturated rings. The molecule has 1 aromatic carbocycles. The Morgan fingerprint density at radius 3 is 2.07 bits per heavy atom. The number of anilines is 2. The van der Waals surface area contributed by atoms with Crippen LogP contribution in [0.1, 0.15) is 27.7 Å². The summed E-state index contributed by atoms with van der Waals surface area (Å²) in [6, 6.07) is 9.05. The Labute approximate surface area is 86.7 Å². The first kappa shape index (κ1) is 10.9. The maximum atomic E-state index is 5.77. The van der Waals surface area contributed by atoms with Gasteiger partial charge in [-0.3, -0.25) is 0 Å². The molecule has 0 unspecified atom stereocenters. The molecule has 0 atom stereocenters. The van der Waals surface area contributed by atoms with Crippen molar-refractivity contribution in [2.75, 3.05) is 10.6 Å². The van der Waals surface area contributed by atoms with Gasteiger partial charge in [-0.1, -0.05) is 6.07 Å². The van der Waals surface area contributed by atoms with E-state index in [-0.39, 0.29) is 0 Å². The van der Waals surface area contributed by atoms with Crippen LogP contribution in [0.4, 0.5) is 11.4 Å². The van der Waals surface area contributed by atoms with Crippen molar-refractivity contribution in [3.8, 4) is 0 Å². The number of nitrogens with two attached hydrogens (primary N) is 1. The van der Waals surface area contributed by atoms with Crippen molar-refractivity contribution >= 4 is 11.4 Å². The lowest BCUT2D eigenvalue weighted by atomic mass is 10.1. The molecule has 0 radical (unpaired) electrons. The van der Waals surface area contributed by atoms with Crippen molar-refractivity contribution in [3.05, 3.63) is 24.3 Å². The van der Waals surface area contributed by atoms with Gasteiger partial charge in [-0.05, 0) is 45.9 Å². The van der Waals surface area contributed by atoms with E-state index in [2.05, 4.69) is 38.7 Å². The monoisotopic (exact) mass is 192 g/mol. The molecule has 0 amide bonds. The predicted molar refractivity (Wildman–Crippen MR) is 63.6 cm³/mol. The van der Waals surface area contributed by atoms with Crippen molar-refractivity contribution in [3.63, 3.8) is 0 Å². The van der Waals surface area contributed by atoms with Crippen LogP contribution in [0.3, 0.4) is 0 Å². The largest absolute Gasteiger partial charge is 0.399 e. The van der Waals surface area contributed by atoms with E-state index in [0.29, 0.717) is 12.1 Å². The van der Waals surface area contributed by atoms with Gasteiger partial charge in [0.25, 0.3) is 0 Å². The molecule has 0 aromatic heterocycles. The highest BCUT2D eigenvalue weighted by atomic mass is 15.2. The van der Waals surface area contributed by atoms with Gasteiger partial charge in [-0.15, -0.1) is 0 Å². The third-order valence-corrected chi connectivity index (χ3v) is 2.28. The van der Waals surface area contributed by atoms with Gasteiger partial charge in [0, 0.05) is 23.5 Å². The lowest BCUT2D eigenvalue weighted by Crippen LogP contribution is -2.36. The summed E-state index contributed by atoms with van der Waals surface area (Å²) in [7, 11) is 0. The van der Waals surface area contributed by atoms with Gasteiger partial charge in [0.15, 0.2) is 0 Å². The topological polar surface area (TPSA) is 29.3 Å². The van der Waals surface area contributed by atoms with Gasteiger partial charge in [0.2, 0.25) is 0 Å². The fourth-order valence-corrected chi connectivity index (χ4v) is 1.88. The maximum Gasteiger partial charge on any atom is 0.0391 e. The van der Waals surface area contributed by atoms with Crippen LogP contribution in [0.25, 0.3) is 0 Å². The van der Waals surface area contributed by atoms with Crippen LogP contribution in [-0.2, 0) is 0 Å². The molecule has 0 bridgehead atoms. The van der Waals surface area contributed by atoms with E-state index >= 15 is 0 Å². The normalized spacial score (nSPS) is 11.0. The summed E-state index contributed by atoms with van der Waals surface area (Å²) in [5.41, 5.74) is 7.80. The molecule has 0 aliphatic carbocycles. The van der Waals surface area contributed by atoms with Crippen molar-refractivity contribution in [2.45, 2.75) is 39.8 Å². The van der Waals surface area contributed by atoms with E-state index in [9.17, 15) is 0 Å². The van der Waals surface area contributed by atoms with Crippen molar-refractivity contribution in [1.82, 2.24) is 0 Å². The number of hydrogen-bond acceptors (Lipinski definition) is 2. The molecule has 0 aliphatic heterocycles. The fourth-order valence-electron chi connectivity index (χ4n) is 1.88. The van der Waals surface area contributed by atoms with Gasteiger partial charge >= 0.3 is 0 Å². The first-order chi connectivity index (χ1) is 6.52. The standard InChI is InChI=1S/C12H20N2/c1-9(2)14(10(3)4)12-7-5-6-11(13)8-12/h5-10H,13H2,1-4H3. The fraction of sp³-hybridized carbons (Fsp3) is 0.500. The second-order valence-electron chi connectivity index (χ2n) is 4.19. The molecule has 78 valence electrons. The van der Waals surface area contributed by atoms with Crippen molar-refractivity contribution in [2.24, 2.45) is 0 Å². The average Bonchev–Trinajstić information content (AvgIpc) is 2.02. The summed E-state index contributed by atoms with van der Waals surface area (Å²) in [6.07, 6.45) is 0. The zero-order valence-electron chi connectivity index (χ0n) is 9.49. The molecule has 2 heteroatoms. The summed E-state index contributed by atoms with van der Waals surface area (Å²) in [6.45, 7) is 8.79. The quantitative estimate of drug-likeness (QED) is 0.746. The maximum absolute atomic E-state index is 5.77. The zero-order valence-corrected chi connectivity index (χ0v) is 9.49. The van der Waals surface area contributed by atoms with Crippen LogP contribution >= 0.6 is 0 Å². The molecule has 0 heterocycles. The molecule has 2 nitrogen and oxygen atoms in total. The molecule has 0 spiro atoms. The van der Waals surface area contributed by atoms with Crippen LogP contribution in [0, 0.1) is 0 Å². The highest BCUT2D eigenvalue weighted by Gasteiger charge is 2.13. The minimum atomic E-state index is 0.497. The smallest absolute Gasteiger partial charge is 0.0391 e. The van der Waals surface area contributed by atoms with Crippen LogP contribution < -0.4 is 10.6 Å².